The molecule has 4 aliphatic rings. The van der Waals surface area contributed by atoms with Crippen molar-refractivity contribution in [3.05, 3.63) is 52.9 Å². The van der Waals surface area contributed by atoms with Crippen LogP contribution >= 0.6 is 0 Å². The maximum absolute atomic E-state index is 13.9. The van der Waals surface area contributed by atoms with E-state index in [0.717, 1.165) is 63.7 Å². The van der Waals surface area contributed by atoms with Crippen LogP contribution in [0.1, 0.15) is 91.7 Å². The minimum Gasteiger partial charge on any atom is -0.393 e. The van der Waals surface area contributed by atoms with E-state index in [4.69, 9.17) is 0 Å². The summed E-state index contributed by atoms with van der Waals surface area (Å²) in [7, 11) is 0. The molecule has 4 heterocycles. The number of urea groups is 1. The van der Waals surface area contributed by atoms with Gasteiger partial charge in [0.05, 0.1) is 17.8 Å². The van der Waals surface area contributed by atoms with Gasteiger partial charge in [0.15, 0.2) is 0 Å². The lowest BCUT2D eigenvalue weighted by Crippen LogP contribution is -2.58. The van der Waals surface area contributed by atoms with Crippen molar-refractivity contribution in [3.63, 3.8) is 0 Å². The lowest BCUT2D eigenvalue weighted by atomic mass is 9.85. The van der Waals surface area contributed by atoms with E-state index in [0.29, 0.717) is 38.4 Å². The summed E-state index contributed by atoms with van der Waals surface area (Å²) in [6.07, 6.45) is 1.47. The molecule has 1 saturated carbocycles. The first-order valence-electron chi connectivity index (χ1n) is 16.3. The summed E-state index contributed by atoms with van der Waals surface area (Å²) in [6, 6.07) is 10.5. The standard InChI is InChI=1S/C33H44F3N5O4/c1-22-28(29(45-37-22)33(34,35)36)30(43)38-18-14-32(2,15-19-38)40-16-12-25(13-17-40)41-27(24-6-4-3-5-7-24)21-39(31(41)44)20-23-8-10-26(42)11-9-23/h3-7,23,25-27,42H,8-21H2,1-2H3/t23?,26?,27-/m0/s1. The zero-order chi connectivity index (χ0) is 31.9. The number of halogens is 3. The maximum Gasteiger partial charge on any atom is 0.453 e. The van der Waals surface area contributed by atoms with Crippen molar-refractivity contribution in [2.24, 2.45) is 5.92 Å². The third-order valence-corrected chi connectivity index (χ3v) is 10.8. The van der Waals surface area contributed by atoms with Crippen LogP contribution in [0.15, 0.2) is 34.9 Å². The molecule has 6 rings (SSSR count). The molecule has 1 aromatic heterocycles. The van der Waals surface area contributed by atoms with E-state index in [2.05, 4.69) is 38.5 Å². The molecule has 0 unspecified atom stereocenters. The van der Waals surface area contributed by atoms with E-state index >= 15 is 0 Å². The van der Waals surface area contributed by atoms with E-state index in [1.54, 1.807) is 0 Å². The van der Waals surface area contributed by atoms with Crippen LogP contribution in [0.4, 0.5) is 18.0 Å². The number of nitrogens with zero attached hydrogens (tertiary/aromatic N) is 5. The molecule has 1 aromatic carbocycles. The topological polar surface area (TPSA) is 93.4 Å². The van der Waals surface area contributed by atoms with Gasteiger partial charge in [-0.1, -0.05) is 35.5 Å². The molecule has 3 saturated heterocycles. The maximum atomic E-state index is 13.9. The quantitative estimate of drug-likeness (QED) is 0.454. The summed E-state index contributed by atoms with van der Waals surface area (Å²) >= 11 is 0. The van der Waals surface area contributed by atoms with E-state index in [1.165, 1.54) is 11.8 Å². The first-order valence-corrected chi connectivity index (χ1v) is 16.3. The summed E-state index contributed by atoms with van der Waals surface area (Å²) in [5.74, 6) is -1.60. The molecule has 45 heavy (non-hydrogen) atoms. The summed E-state index contributed by atoms with van der Waals surface area (Å²) in [6.45, 7) is 7.27. The van der Waals surface area contributed by atoms with Gasteiger partial charge in [0, 0.05) is 50.8 Å². The van der Waals surface area contributed by atoms with Gasteiger partial charge in [-0.25, -0.2) is 4.79 Å². The second-order valence-electron chi connectivity index (χ2n) is 13.7. The molecule has 246 valence electrons. The number of benzene rings is 1. The lowest BCUT2D eigenvalue weighted by molar-refractivity contribution is -0.156. The van der Waals surface area contributed by atoms with E-state index in [1.807, 2.05) is 23.1 Å². The molecule has 2 aromatic rings. The summed E-state index contributed by atoms with van der Waals surface area (Å²) in [5.41, 5.74) is 0.411. The average molecular weight is 632 g/mol. The van der Waals surface area contributed by atoms with Crippen LogP contribution in [0.5, 0.6) is 0 Å². The Labute approximate surface area is 262 Å². The Morgan fingerprint density at radius 3 is 2.29 bits per heavy atom. The number of rotatable bonds is 6. The third kappa shape index (κ3) is 6.45. The second kappa shape index (κ2) is 12.6. The van der Waals surface area contributed by atoms with Crippen LogP contribution in [-0.4, -0.2) is 98.8 Å². The van der Waals surface area contributed by atoms with Gasteiger partial charge in [-0.3, -0.25) is 9.69 Å². The lowest BCUT2D eigenvalue weighted by Gasteiger charge is -2.50. The highest BCUT2D eigenvalue weighted by Gasteiger charge is 2.47. The van der Waals surface area contributed by atoms with Crippen molar-refractivity contribution in [2.75, 3.05) is 39.3 Å². The van der Waals surface area contributed by atoms with Crippen LogP contribution in [0.2, 0.25) is 0 Å². The van der Waals surface area contributed by atoms with Crippen LogP contribution in [-0.2, 0) is 6.18 Å². The molecular formula is C33H44F3N5O4. The van der Waals surface area contributed by atoms with E-state index in [-0.39, 0.29) is 35.5 Å². The third-order valence-electron chi connectivity index (χ3n) is 10.8. The van der Waals surface area contributed by atoms with Gasteiger partial charge in [0.25, 0.3) is 11.7 Å². The first-order chi connectivity index (χ1) is 21.4. The number of likely N-dealkylation sites (tertiary alicyclic amines) is 2. The smallest absolute Gasteiger partial charge is 0.393 e. The fourth-order valence-electron chi connectivity index (χ4n) is 7.98. The summed E-state index contributed by atoms with van der Waals surface area (Å²) < 4.78 is 44.8. The Bertz CT molecular complexity index is 1340. The number of aliphatic hydroxyl groups excluding tert-OH is 1. The van der Waals surface area contributed by atoms with Gasteiger partial charge in [-0.2, -0.15) is 13.2 Å². The molecule has 12 heteroatoms. The van der Waals surface area contributed by atoms with Gasteiger partial charge in [0.2, 0.25) is 0 Å². The largest absolute Gasteiger partial charge is 0.453 e. The summed E-state index contributed by atoms with van der Waals surface area (Å²) in [5, 5.41) is 13.4. The number of aryl methyl sites for hydroxylation is 1. The zero-order valence-corrected chi connectivity index (χ0v) is 26.1. The number of hydrogen-bond acceptors (Lipinski definition) is 6. The predicted molar refractivity (Wildman–Crippen MR) is 160 cm³/mol. The van der Waals surface area contributed by atoms with E-state index < -0.39 is 23.4 Å². The SMILES string of the molecule is Cc1noc(C(F)(F)F)c1C(=O)N1CCC(C)(N2CCC(N3C(=O)N(CC4CCC(O)CC4)C[C@H]3c3ccccc3)CC2)CC1. The van der Waals surface area contributed by atoms with Crippen molar-refractivity contribution in [1.29, 1.82) is 0 Å². The van der Waals surface area contributed by atoms with Crippen LogP contribution < -0.4 is 0 Å². The number of piperidine rings is 2. The Balaban J connectivity index is 1.09. The number of carbonyl (C=O) groups excluding carboxylic acids is 2. The minimum atomic E-state index is -4.78. The number of carbonyl (C=O) groups is 2. The molecule has 4 fully saturated rings. The molecule has 9 nitrogen and oxygen atoms in total. The monoisotopic (exact) mass is 631 g/mol. The van der Waals surface area contributed by atoms with Gasteiger partial charge in [0.1, 0.15) is 5.56 Å². The first kappa shape index (κ1) is 31.8. The van der Waals surface area contributed by atoms with Crippen molar-refractivity contribution in [1.82, 2.24) is 24.8 Å². The highest BCUT2D eigenvalue weighted by Crippen LogP contribution is 2.39. The summed E-state index contributed by atoms with van der Waals surface area (Å²) in [4.78, 5) is 35.2. The number of alkyl halides is 3. The second-order valence-corrected chi connectivity index (χ2v) is 13.7. The Hall–Kier alpha value is -3.12. The van der Waals surface area contributed by atoms with Crippen molar-refractivity contribution in [3.8, 4) is 0 Å². The average Bonchev–Trinajstić information content (AvgIpc) is 3.58. The van der Waals surface area contributed by atoms with E-state index in [9.17, 15) is 27.9 Å². The highest BCUT2D eigenvalue weighted by molar-refractivity contribution is 5.96. The predicted octanol–water partition coefficient (Wildman–Crippen LogP) is 5.49. The number of amides is 3. The van der Waals surface area contributed by atoms with Crippen molar-refractivity contribution in [2.45, 2.75) is 95.1 Å². The molecule has 3 amide bonds. The van der Waals surface area contributed by atoms with Crippen molar-refractivity contribution >= 4 is 11.9 Å². The number of hydrogen-bond donors (Lipinski definition) is 1. The number of aromatic nitrogens is 1. The van der Waals surface area contributed by atoms with Crippen LogP contribution in [0.3, 0.4) is 0 Å². The molecule has 3 aliphatic heterocycles. The van der Waals surface area contributed by atoms with Gasteiger partial charge in [-0.15, -0.1) is 0 Å². The normalized spacial score (nSPS) is 26.9. The molecule has 1 N–H and O–H groups in total. The Kier molecular flexibility index (Phi) is 8.91. The fraction of sp³-hybridized carbons (Fsp3) is 0.667. The zero-order valence-electron chi connectivity index (χ0n) is 26.1. The van der Waals surface area contributed by atoms with Gasteiger partial charge in [-0.05, 0) is 76.7 Å². The minimum absolute atomic E-state index is 0.00303. The molecular weight excluding hydrogens is 587 g/mol. The molecule has 0 spiro atoms. The fourth-order valence-corrected chi connectivity index (χ4v) is 7.98. The Morgan fingerprint density at radius 1 is 1.02 bits per heavy atom. The number of aliphatic hydroxyl groups is 1. The molecule has 0 bridgehead atoms. The van der Waals surface area contributed by atoms with Crippen LogP contribution in [0.25, 0.3) is 0 Å². The van der Waals surface area contributed by atoms with Gasteiger partial charge >= 0.3 is 12.2 Å². The van der Waals surface area contributed by atoms with Crippen molar-refractivity contribution < 1.29 is 32.4 Å². The highest BCUT2D eigenvalue weighted by atomic mass is 19.4. The van der Waals surface area contributed by atoms with Crippen LogP contribution in [0, 0.1) is 12.8 Å². The molecule has 0 radical (unpaired) electrons. The Morgan fingerprint density at radius 2 is 1.67 bits per heavy atom. The molecule has 1 atom stereocenters. The van der Waals surface area contributed by atoms with Gasteiger partial charge < -0.3 is 24.3 Å². The molecule has 1 aliphatic carbocycles.